The zero-order valence-electron chi connectivity index (χ0n) is 15.3. The van der Waals surface area contributed by atoms with Crippen molar-refractivity contribution >= 4 is 39.0 Å². The monoisotopic (exact) mass is 438 g/mol. The van der Waals surface area contributed by atoms with Gasteiger partial charge < -0.3 is 5.32 Å². The van der Waals surface area contributed by atoms with E-state index in [1.165, 1.54) is 34.8 Å². The number of sulfonamides is 1. The fourth-order valence-electron chi connectivity index (χ4n) is 3.09. The van der Waals surface area contributed by atoms with Gasteiger partial charge in [0.15, 0.2) is 0 Å². The molecule has 1 aliphatic heterocycles. The van der Waals surface area contributed by atoms with Crippen LogP contribution < -0.4 is 5.32 Å². The lowest BCUT2D eigenvalue weighted by Crippen LogP contribution is -2.41. The molecule has 154 valence electrons. The van der Waals surface area contributed by atoms with Crippen LogP contribution in [0.3, 0.4) is 0 Å². The van der Waals surface area contributed by atoms with Gasteiger partial charge in [-0.15, -0.1) is 0 Å². The quantitative estimate of drug-likeness (QED) is 0.546. The average Bonchev–Trinajstić information content (AvgIpc) is 2.70. The van der Waals surface area contributed by atoms with Crippen molar-refractivity contribution < 1.29 is 18.1 Å². The van der Waals surface area contributed by atoms with Gasteiger partial charge in [0.1, 0.15) is 5.82 Å². The number of aromatic nitrogens is 1. The number of benzene rings is 1. The van der Waals surface area contributed by atoms with Crippen molar-refractivity contribution in [3.05, 3.63) is 63.3 Å². The number of anilines is 1. The van der Waals surface area contributed by atoms with Crippen LogP contribution >= 0.6 is 11.6 Å². The Bertz CT molecular complexity index is 988. The molecule has 0 spiro atoms. The third-order valence-corrected chi connectivity index (χ3v) is 6.77. The van der Waals surface area contributed by atoms with Gasteiger partial charge in [-0.2, -0.15) is 0 Å². The first-order valence-corrected chi connectivity index (χ1v) is 10.9. The number of nitro benzene ring substituents is 1. The number of carbonyl (C=O) groups excluding carboxylic acids is 1. The van der Waals surface area contributed by atoms with Gasteiger partial charge in [0.05, 0.1) is 15.7 Å². The predicted molar refractivity (Wildman–Crippen MR) is 108 cm³/mol. The summed E-state index contributed by atoms with van der Waals surface area (Å²) in [5, 5.41) is 13.9. The molecular formula is C18H19ClN4O5S. The van der Waals surface area contributed by atoms with Gasteiger partial charge >= 0.3 is 0 Å². The van der Waals surface area contributed by atoms with Crippen molar-refractivity contribution in [1.29, 1.82) is 0 Å². The maximum atomic E-state index is 12.6. The predicted octanol–water partition coefficient (Wildman–Crippen LogP) is 2.82. The Hall–Kier alpha value is -2.56. The molecule has 3 rings (SSSR count). The number of hydrogen-bond donors (Lipinski definition) is 1. The Morgan fingerprint density at radius 2 is 1.86 bits per heavy atom. The lowest BCUT2D eigenvalue weighted by atomic mass is 9.97. The van der Waals surface area contributed by atoms with Crippen molar-refractivity contribution in [3.63, 3.8) is 0 Å². The fourth-order valence-corrected chi connectivity index (χ4v) is 4.77. The smallest absolute Gasteiger partial charge is 0.269 e. The zero-order chi connectivity index (χ0) is 21.0. The molecule has 1 amide bonds. The van der Waals surface area contributed by atoms with E-state index in [9.17, 15) is 23.3 Å². The molecule has 11 heteroatoms. The molecule has 29 heavy (non-hydrogen) atoms. The number of nitro groups is 1. The Morgan fingerprint density at radius 1 is 1.21 bits per heavy atom. The van der Waals surface area contributed by atoms with E-state index in [0.29, 0.717) is 29.2 Å². The van der Waals surface area contributed by atoms with E-state index < -0.39 is 14.9 Å². The summed E-state index contributed by atoms with van der Waals surface area (Å²) >= 11 is 5.77. The number of hydrogen-bond acceptors (Lipinski definition) is 6. The highest BCUT2D eigenvalue weighted by Gasteiger charge is 2.31. The fraction of sp³-hybridized carbons (Fsp3) is 0.333. The van der Waals surface area contributed by atoms with Crippen molar-refractivity contribution in [1.82, 2.24) is 9.29 Å². The molecular weight excluding hydrogens is 420 g/mol. The molecule has 1 aromatic heterocycles. The second-order valence-corrected chi connectivity index (χ2v) is 9.11. The molecule has 9 nitrogen and oxygen atoms in total. The van der Waals surface area contributed by atoms with Gasteiger partial charge in [0.2, 0.25) is 15.9 Å². The van der Waals surface area contributed by atoms with Crippen LogP contribution in [0.5, 0.6) is 0 Å². The summed E-state index contributed by atoms with van der Waals surface area (Å²) in [6.45, 7) is 0.475. The van der Waals surface area contributed by atoms with E-state index in [1.807, 2.05) is 0 Å². The van der Waals surface area contributed by atoms with Crippen LogP contribution in [0.1, 0.15) is 18.4 Å². The molecule has 0 radical (unpaired) electrons. The van der Waals surface area contributed by atoms with Crippen LogP contribution in [0.4, 0.5) is 11.5 Å². The number of halogens is 1. The summed E-state index contributed by atoms with van der Waals surface area (Å²) in [7, 11) is -3.58. The van der Waals surface area contributed by atoms with E-state index in [4.69, 9.17) is 11.6 Å². The molecule has 0 saturated carbocycles. The minimum absolute atomic E-state index is 0.0897. The molecule has 0 aliphatic carbocycles. The molecule has 1 saturated heterocycles. The van der Waals surface area contributed by atoms with E-state index >= 15 is 0 Å². The third-order valence-electron chi connectivity index (χ3n) is 4.69. The standard InChI is InChI=1S/C18H19ClN4O5S/c19-15-3-6-17(20-11-15)21-18(24)14-7-9-22(10-8-14)29(27,28)12-13-1-4-16(5-2-13)23(25)26/h1-6,11,14H,7-10,12H2,(H,20,21,24). The summed E-state index contributed by atoms with van der Waals surface area (Å²) in [5.41, 5.74) is 0.387. The van der Waals surface area contributed by atoms with Crippen LogP contribution in [0, 0.1) is 16.0 Å². The van der Waals surface area contributed by atoms with Crippen LogP contribution in [0.25, 0.3) is 0 Å². The number of nitrogens with zero attached hydrogens (tertiary/aromatic N) is 3. The van der Waals surface area contributed by atoms with E-state index in [0.717, 1.165) is 0 Å². The molecule has 2 heterocycles. The Morgan fingerprint density at radius 3 is 2.41 bits per heavy atom. The number of nitrogens with one attached hydrogen (secondary N) is 1. The largest absolute Gasteiger partial charge is 0.310 e. The molecule has 0 unspecified atom stereocenters. The number of non-ortho nitro benzene ring substituents is 1. The van der Waals surface area contributed by atoms with Crippen molar-refractivity contribution in [2.24, 2.45) is 5.92 Å². The van der Waals surface area contributed by atoms with E-state index in [-0.39, 0.29) is 36.4 Å². The maximum Gasteiger partial charge on any atom is 0.269 e. The van der Waals surface area contributed by atoms with Gasteiger partial charge in [-0.1, -0.05) is 23.7 Å². The number of pyridine rings is 1. The second kappa shape index (κ2) is 8.85. The minimum Gasteiger partial charge on any atom is -0.310 e. The first-order chi connectivity index (χ1) is 13.7. The molecule has 0 atom stereocenters. The summed E-state index contributed by atoms with van der Waals surface area (Å²) in [6.07, 6.45) is 2.24. The van der Waals surface area contributed by atoms with Crippen LogP contribution in [0.15, 0.2) is 42.6 Å². The van der Waals surface area contributed by atoms with Gasteiger partial charge in [0.25, 0.3) is 5.69 Å². The summed E-state index contributed by atoms with van der Waals surface area (Å²) in [6, 6.07) is 8.67. The van der Waals surface area contributed by atoms with Crippen molar-refractivity contribution in [2.75, 3.05) is 18.4 Å². The van der Waals surface area contributed by atoms with Crippen LogP contribution in [-0.2, 0) is 20.6 Å². The van der Waals surface area contributed by atoms with Crippen molar-refractivity contribution in [3.8, 4) is 0 Å². The van der Waals surface area contributed by atoms with Gasteiger partial charge in [0, 0.05) is 37.3 Å². The molecule has 1 aromatic carbocycles. The van der Waals surface area contributed by atoms with Gasteiger partial charge in [-0.3, -0.25) is 14.9 Å². The molecule has 1 fully saturated rings. The first-order valence-electron chi connectivity index (χ1n) is 8.88. The lowest BCUT2D eigenvalue weighted by Gasteiger charge is -2.30. The van der Waals surface area contributed by atoms with Gasteiger partial charge in [-0.05, 0) is 30.5 Å². The molecule has 0 bridgehead atoms. The van der Waals surface area contributed by atoms with Crippen LogP contribution in [0.2, 0.25) is 5.02 Å². The van der Waals surface area contributed by atoms with Crippen LogP contribution in [-0.4, -0.2) is 41.6 Å². The minimum atomic E-state index is -3.58. The summed E-state index contributed by atoms with van der Waals surface area (Å²) in [5.74, 6) is -0.352. The Labute approximate surface area is 172 Å². The highest BCUT2D eigenvalue weighted by Crippen LogP contribution is 2.23. The molecule has 1 N–H and O–H groups in total. The van der Waals surface area contributed by atoms with E-state index in [1.54, 1.807) is 12.1 Å². The number of rotatable bonds is 6. The second-order valence-electron chi connectivity index (χ2n) is 6.70. The third kappa shape index (κ3) is 5.49. The maximum absolute atomic E-state index is 12.6. The van der Waals surface area contributed by atoms with E-state index in [2.05, 4.69) is 10.3 Å². The average molecular weight is 439 g/mol. The normalized spacial score (nSPS) is 15.8. The zero-order valence-corrected chi connectivity index (χ0v) is 16.9. The SMILES string of the molecule is O=C(Nc1ccc(Cl)cn1)C1CCN(S(=O)(=O)Cc2ccc([N+](=O)[O-])cc2)CC1. The summed E-state index contributed by atoms with van der Waals surface area (Å²) < 4.78 is 26.6. The lowest BCUT2D eigenvalue weighted by molar-refractivity contribution is -0.384. The Kier molecular flexibility index (Phi) is 6.46. The van der Waals surface area contributed by atoms with Crippen molar-refractivity contribution in [2.45, 2.75) is 18.6 Å². The Balaban J connectivity index is 1.55. The molecule has 1 aliphatic rings. The first kappa shape index (κ1) is 21.2. The number of amides is 1. The number of carbonyl (C=O) groups is 1. The molecule has 2 aromatic rings. The number of piperidine rings is 1. The highest BCUT2D eigenvalue weighted by atomic mass is 35.5. The highest BCUT2D eigenvalue weighted by molar-refractivity contribution is 7.88. The van der Waals surface area contributed by atoms with Gasteiger partial charge in [-0.25, -0.2) is 17.7 Å². The summed E-state index contributed by atoms with van der Waals surface area (Å²) in [4.78, 5) is 26.6. The topological polar surface area (TPSA) is 123 Å².